The van der Waals surface area contributed by atoms with Gasteiger partial charge in [-0.2, -0.15) is 0 Å². The van der Waals surface area contributed by atoms with Crippen molar-refractivity contribution in [2.45, 2.75) is 24.9 Å². The number of halogens is 1. The molecule has 7 heteroatoms. The molecular formula is C14H16BrN3O3. The third kappa shape index (κ3) is 2.51. The molecule has 6 nitrogen and oxygen atoms in total. The van der Waals surface area contributed by atoms with E-state index in [9.17, 15) is 9.59 Å². The van der Waals surface area contributed by atoms with Gasteiger partial charge in [-0.25, -0.2) is 4.79 Å². The Bertz CT molecular complexity index is 599. The fraction of sp³-hybridized carbons (Fsp3) is 0.429. The Kier molecular flexibility index (Phi) is 3.62. The van der Waals surface area contributed by atoms with E-state index in [4.69, 9.17) is 10.5 Å². The molecule has 0 atom stereocenters. The van der Waals surface area contributed by atoms with Crippen LogP contribution in [0.3, 0.4) is 0 Å². The number of amides is 3. The summed E-state index contributed by atoms with van der Waals surface area (Å²) >= 11 is 3.34. The van der Waals surface area contributed by atoms with Crippen LogP contribution in [0.15, 0.2) is 22.7 Å². The van der Waals surface area contributed by atoms with Crippen molar-refractivity contribution in [3.8, 4) is 0 Å². The van der Waals surface area contributed by atoms with Crippen LogP contribution in [0, 0.1) is 0 Å². The van der Waals surface area contributed by atoms with E-state index in [1.807, 2.05) is 12.1 Å². The zero-order chi connectivity index (χ0) is 15.0. The Morgan fingerprint density at radius 3 is 2.71 bits per heavy atom. The summed E-state index contributed by atoms with van der Waals surface area (Å²) in [5, 5.41) is 2.83. The summed E-state index contributed by atoms with van der Waals surface area (Å²) in [6.45, 7) is 1.16. The summed E-state index contributed by atoms with van der Waals surface area (Å²) in [5.74, 6) is -0.182. The highest BCUT2D eigenvalue weighted by atomic mass is 79.9. The summed E-state index contributed by atoms with van der Waals surface area (Å²) in [4.78, 5) is 26.0. The van der Waals surface area contributed by atoms with Crippen LogP contribution >= 0.6 is 15.9 Å². The first-order valence-electron chi connectivity index (χ1n) is 6.78. The fourth-order valence-electron chi connectivity index (χ4n) is 2.76. The molecule has 2 saturated heterocycles. The molecule has 0 aromatic heterocycles. The summed E-state index contributed by atoms with van der Waals surface area (Å²) < 4.78 is 6.14. The van der Waals surface area contributed by atoms with Crippen molar-refractivity contribution >= 4 is 33.6 Å². The number of nitrogens with two attached hydrogens (primary N) is 1. The minimum atomic E-state index is -0.792. The molecule has 21 heavy (non-hydrogen) atoms. The first kappa shape index (κ1) is 14.3. The number of ether oxygens (including phenoxy) is 1. The van der Waals surface area contributed by atoms with Crippen LogP contribution in [0.1, 0.15) is 18.4 Å². The number of nitrogen functional groups attached to an aromatic ring is 1. The molecule has 1 aromatic carbocycles. The number of hydrogen-bond donors (Lipinski definition) is 2. The summed E-state index contributed by atoms with van der Waals surface area (Å²) in [6, 6.07) is 5.06. The van der Waals surface area contributed by atoms with Crippen LogP contribution in [0.4, 0.5) is 10.5 Å². The highest BCUT2D eigenvalue weighted by molar-refractivity contribution is 9.10. The number of nitrogens with one attached hydrogen (secondary N) is 1. The van der Waals surface area contributed by atoms with Crippen LogP contribution in [0.5, 0.6) is 0 Å². The first-order chi connectivity index (χ1) is 10.0. The average Bonchev–Trinajstić information content (AvgIpc) is 2.67. The van der Waals surface area contributed by atoms with Crippen LogP contribution in [-0.4, -0.2) is 35.6 Å². The second-order valence-corrected chi connectivity index (χ2v) is 6.27. The van der Waals surface area contributed by atoms with E-state index in [1.54, 1.807) is 6.07 Å². The van der Waals surface area contributed by atoms with E-state index in [1.165, 1.54) is 4.90 Å². The Balaban J connectivity index is 1.82. The topological polar surface area (TPSA) is 84.7 Å². The minimum Gasteiger partial charge on any atom is -0.398 e. The Morgan fingerprint density at radius 1 is 1.33 bits per heavy atom. The van der Waals surface area contributed by atoms with Crippen LogP contribution < -0.4 is 11.1 Å². The van der Waals surface area contributed by atoms with Crippen LogP contribution in [-0.2, 0) is 16.1 Å². The maximum Gasteiger partial charge on any atom is 0.325 e. The van der Waals surface area contributed by atoms with Gasteiger partial charge >= 0.3 is 6.03 Å². The predicted molar refractivity (Wildman–Crippen MR) is 80.4 cm³/mol. The number of anilines is 1. The predicted octanol–water partition coefficient (Wildman–Crippen LogP) is 1.63. The maximum atomic E-state index is 12.6. The molecule has 0 aliphatic carbocycles. The molecule has 2 heterocycles. The van der Waals surface area contributed by atoms with Gasteiger partial charge in [-0.05, 0) is 17.7 Å². The third-order valence-corrected chi connectivity index (χ3v) is 4.52. The number of imide groups is 1. The molecule has 0 unspecified atom stereocenters. The normalized spacial score (nSPS) is 20.9. The summed E-state index contributed by atoms with van der Waals surface area (Å²) in [6.07, 6.45) is 1.04. The summed E-state index contributed by atoms with van der Waals surface area (Å²) in [7, 11) is 0. The molecule has 3 rings (SSSR count). The van der Waals surface area contributed by atoms with Crippen LogP contribution in [0.2, 0.25) is 0 Å². The van der Waals surface area contributed by atoms with Gasteiger partial charge in [0.25, 0.3) is 5.91 Å². The quantitative estimate of drug-likeness (QED) is 0.625. The van der Waals surface area contributed by atoms with Gasteiger partial charge in [0.15, 0.2) is 0 Å². The molecule has 3 amide bonds. The molecule has 112 valence electrons. The van der Waals surface area contributed by atoms with Crippen molar-refractivity contribution in [1.29, 1.82) is 0 Å². The number of nitrogens with zero attached hydrogens (tertiary/aromatic N) is 1. The highest BCUT2D eigenvalue weighted by Crippen LogP contribution is 2.30. The molecule has 0 radical (unpaired) electrons. The monoisotopic (exact) mass is 353 g/mol. The number of benzene rings is 1. The zero-order valence-corrected chi connectivity index (χ0v) is 13.0. The maximum absolute atomic E-state index is 12.6. The Morgan fingerprint density at radius 2 is 2.05 bits per heavy atom. The van der Waals surface area contributed by atoms with E-state index < -0.39 is 5.54 Å². The van der Waals surface area contributed by atoms with Gasteiger partial charge in [0, 0.05) is 36.2 Å². The number of carbonyl (C=O) groups is 2. The minimum absolute atomic E-state index is 0.182. The van der Waals surface area contributed by atoms with Crippen molar-refractivity contribution in [2.24, 2.45) is 0 Å². The van der Waals surface area contributed by atoms with Crippen molar-refractivity contribution < 1.29 is 14.3 Å². The highest BCUT2D eigenvalue weighted by Gasteiger charge is 2.51. The van der Waals surface area contributed by atoms with Crippen molar-refractivity contribution in [1.82, 2.24) is 10.2 Å². The Labute approximate surface area is 130 Å². The van der Waals surface area contributed by atoms with Gasteiger partial charge in [0.2, 0.25) is 0 Å². The fourth-order valence-corrected chi connectivity index (χ4v) is 3.14. The molecule has 1 spiro atoms. The summed E-state index contributed by atoms with van der Waals surface area (Å²) in [5.41, 5.74) is 6.46. The third-order valence-electron chi connectivity index (χ3n) is 4.03. The molecule has 3 N–H and O–H groups in total. The molecular weight excluding hydrogens is 338 g/mol. The molecule has 1 aromatic rings. The number of urea groups is 1. The molecule has 2 aliphatic heterocycles. The lowest BCUT2D eigenvalue weighted by Gasteiger charge is -2.30. The van der Waals surface area contributed by atoms with Gasteiger partial charge in [-0.1, -0.05) is 22.0 Å². The zero-order valence-electron chi connectivity index (χ0n) is 11.4. The standard InChI is InChI=1S/C14H16BrN3O3/c15-10-2-1-9(11(16)7-10)8-18-12(19)14(17-13(18)20)3-5-21-6-4-14/h1-2,7H,3-6,8,16H2,(H,17,20). The molecule has 2 fully saturated rings. The van der Waals surface area contributed by atoms with E-state index in [-0.39, 0.29) is 18.5 Å². The van der Waals surface area contributed by atoms with E-state index >= 15 is 0 Å². The molecule has 2 aliphatic rings. The Hall–Kier alpha value is -1.60. The van der Waals surface area contributed by atoms with Crippen molar-refractivity contribution in [2.75, 3.05) is 18.9 Å². The van der Waals surface area contributed by atoms with Crippen molar-refractivity contribution in [3.05, 3.63) is 28.2 Å². The smallest absolute Gasteiger partial charge is 0.325 e. The first-order valence-corrected chi connectivity index (χ1v) is 7.57. The van der Waals surface area contributed by atoms with E-state index in [0.717, 1.165) is 10.0 Å². The van der Waals surface area contributed by atoms with E-state index in [0.29, 0.717) is 31.7 Å². The van der Waals surface area contributed by atoms with Crippen molar-refractivity contribution in [3.63, 3.8) is 0 Å². The lowest BCUT2D eigenvalue weighted by atomic mass is 9.90. The van der Waals surface area contributed by atoms with Gasteiger partial charge in [-0.15, -0.1) is 0 Å². The largest absolute Gasteiger partial charge is 0.398 e. The number of rotatable bonds is 2. The number of carbonyl (C=O) groups excluding carboxylic acids is 2. The lowest BCUT2D eigenvalue weighted by Crippen LogP contribution is -2.51. The lowest BCUT2D eigenvalue weighted by molar-refractivity contribution is -0.134. The second-order valence-electron chi connectivity index (χ2n) is 5.36. The van der Waals surface area contributed by atoms with E-state index in [2.05, 4.69) is 21.2 Å². The molecule has 0 bridgehead atoms. The van der Waals surface area contributed by atoms with Gasteiger partial charge in [0.1, 0.15) is 5.54 Å². The van der Waals surface area contributed by atoms with Crippen LogP contribution in [0.25, 0.3) is 0 Å². The number of hydrogen-bond acceptors (Lipinski definition) is 4. The van der Waals surface area contributed by atoms with Gasteiger partial charge in [0.05, 0.1) is 6.54 Å². The molecule has 0 saturated carbocycles. The second kappa shape index (κ2) is 5.31. The SMILES string of the molecule is Nc1cc(Br)ccc1CN1C(=O)NC2(CCOCC2)C1=O. The van der Waals surface area contributed by atoms with Gasteiger partial charge in [-0.3, -0.25) is 9.69 Å². The van der Waals surface area contributed by atoms with Gasteiger partial charge < -0.3 is 15.8 Å². The average molecular weight is 354 g/mol.